The molecule has 1 aliphatic heterocycles. The minimum Gasteiger partial charge on any atom is -0.481 e. The van der Waals surface area contributed by atoms with E-state index in [0.717, 1.165) is 11.3 Å². The third-order valence-electron chi connectivity index (χ3n) is 3.46. The van der Waals surface area contributed by atoms with E-state index in [1.807, 2.05) is 36.9 Å². The number of aliphatic carboxylic acids is 1. The zero-order valence-corrected chi connectivity index (χ0v) is 11.1. The number of likely N-dealkylation sites (tertiary alicyclic amines) is 1. The van der Waals surface area contributed by atoms with Gasteiger partial charge in [-0.15, -0.1) is 0 Å². The number of hydrogen-bond acceptors (Lipinski definition) is 3. The summed E-state index contributed by atoms with van der Waals surface area (Å²) in [6, 6.07) is 5.77. The first-order chi connectivity index (χ1) is 8.95. The van der Waals surface area contributed by atoms with Gasteiger partial charge in [0.15, 0.2) is 0 Å². The summed E-state index contributed by atoms with van der Waals surface area (Å²) in [5.74, 6) is -1.22. The van der Waals surface area contributed by atoms with Crippen LogP contribution in [0.3, 0.4) is 0 Å². The fourth-order valence-electron chi connectivity index (χ4n) is 2.08. The molecule has 1 aromatic rings. The molecule has 2 rings (SSSR count). The van der Waals surface area contributed by atoms with Crippen molar-refractivity contribution in [1.29, 1.82) is 0 Å². The van der Waals surface area contributed by atoms with Gasteiger partial charge in [-0.2, -0.15) is 0 Å². The van der Waals surface area contributed by atoms with Gasteiger partial charge in [0.2, 0.25) is 5.91 Å². The van der Waals surface area contributed by atoms with Crippen LogP contribution in [-0.2, 0) is 9.59 Å². The van der Waals surface area contributed by atoms with Gasteiger partial charge in [-0.1, -0.05) is 6.07 Å². The number of amides is 1. The smallest absolute Gasteiger partial charge is 0.309 e. The van der Waals surface area contributed by atoms with Gasteiger partial charge < -0.3 is 10.4 Å². The number of carboxylic acids is 1. The number of carbonyl (C=O) groups is 2. The maximum Gasteiger partial charge on any atom is 0.309 e. The number of anilines is 1. The maximum absolute atomic E-state index is 11.8. The van der Waals surface area contributed by atoms with Gasteiger partial charge in [-0.25, -0.2) is 0 Å². The predicted molar refractivity (Wildman–Crippen MR) is 72.1 cm³/mol. The van der Waals surface area contributed by atoms with Crippen LogP contribution in [0.4, 0.5) is 5.69 Å². The van der Waals surface area contributed by atoms with E-state index in [1.54, 1.807) is 0 Å². The number of benzene rings is 1. The lowest BCUT2D eigenvalue weighted by Crippen LogP contribution is -2.52. The van der Waals surface area contributed by atoms with Crippen molar-refractivity contribution < 1.29 is 14.7 Å². The Bertz CT molecular complexity index is 507. The maximum atomic E-state index is 11.8. The van der Waals surface area contributed by atoms with Crippen LogP contribution in [0.2, 0.25) is 0 Å². The molecule has 0 spiro atoms. The van der Waals surface area contributed by atoms with Crippen molar-refractivity contribution in [3.05, 3.63) is 29.3 Å². The van der Waals surface area contributed by atoms with Crippen LogP contribution in [0, 0.1) is 19.8 Å². The number of rotatable bonds is 4. The Morgan fingerprint density at radius 3 is 2.58 bits per heavy atom. The second kappa shape index (κ2) is 5.40. The summed E-state index contributed by atoms with van der Waals surface area (Å²) in [6.07, 6.45) is 0. The largest absolute Gasteiger partial charge is 0.481 e. The van der Waals surface area contributed by atoms with Crippen molar-refractivity contribution in [3.8, 4) is 0 Å². The van der Waals surface area contributed by atoms with Crippen LogP contribution in [0.5, 0.6) is 0 Å². The highest BCUT2D eigenvalue weighted by molar-refractivity contribution is 5.92. The minimum absolute atomic E-state index is 0.105. The van der Waals surface area contributed by atoms with E-state index >= 15 is 0 Å². The summed E-state index contributed by atoms with van der Waals surface area (Å²) < 4.78 is 0. The molecule has 5 nitrogen and oxygen atoms in total. The first kappa shape index (κ1) is 13.5. The van der Waals surface area contributed by atoms with Gasteiger partial charge in [0.05, 0.1) is 12.5 Å². The molecule has 0 atom stereocenters. The van der Waals surface area contributed by atoms with Crippen LogP contribution >= 0.6 is 0 Å². The molecule has 2 N–H and O–H groups in total. The van der Waals surface area contributed by atoms with Crippen LogP contribution in [0.15, 0.2) is 18.2 Å². The van der Waals surface area contributed by atoms with Crippen molar-refractivity contribution in [2.75, 3.05) is 25.0 Å². The Kier molecular flexibility index (Phi) is 3.85. The topological polar surface area (TPSA) is 69.6 Å². The number of hydrogen-bond donors (Lipinski definition) is 2. The normalized spacial score (nSPS) is 15.9. The van der Waals surface area contributed by atoms with Gasteiger partial charge in [0, 0.05) is 18.8 Å². The third-order valence-corrected chi connectivity index (χ3v) is 3.46. The van der Waals surface area contributed by atoms with Crippen molar-refractivity contribution in [1.82, 2.24) is 4.90 Å². The van der Waals surface area contributed by atoms with Gasteiger partial charge in [0.25, 0.3) is 0 Å². The van der Waals surface area contributed by atoms with Crippen LogP contribution < -0.4 is 5.32 Å². The summed E-state index contributed by atoms with van der Waals surface area (Å²) in [6.45, 7) is 5.17. The monoisotopic (exact) mass is 262 g/mol. The summed E-state index contributed by atoms with van der Waals surface area (Å²) in [5.41, 5.74) is 3.10. The molecule has 5 heteroatoms. The Hall–Kier alpha value is -1.88. The van der Waals surface area contributed by atoms with Gasteiger partial charge in [0.1, 0.15) is 0 Å². The lowest BCUT2D eigenvalue weighted by atomic mass is 10.0. The molecule has 1 aliphatic rings. The van der Waals surface area contributed by atoms with E-state index in [1.165, 1.54) is 5.56 Å². The first-order valence-electron chi connectivity index (χ1n) is 6.28. The van der Waals surface area contributed by atoms with E-state index in [9.17, 15) is 9.59 Å². The number of carboxylic acid groups (broad SMARTS) is 1. The Morgan fingerprint density at radius 1 is 1.32 bits per heavy atom. The molecule has 0 aliphatic carbocycles. The van der Waals surface area contributed by atoms with Crippen molar-refractivity contribution in [2.45, 2.75) is 13.8 Å². The van der Waals surface area contributed by atoms with Crippen LogP contribution in [0.25, 0.3) is 0 Å². The van der Waals surface area contributed by atoms with E-state index in [2.05, 4.69) is 5.32 Å². The predicted octanol–water partition coefficient (Wildman–Crippen LogP) is 1.26. The molecular formula is C14H18N2O3. The molecule has 1 amide bonds. The Labute approximate surface area is 112 Å². The van der Waals surface area contributed by atoms with E-state index in [-0.39, 0.29) is 18.4 Å². The minimum atomic E-state index is -0.786. The van der Waals surface area contributed by atoms with Crippen molar-refractivity contribution in [2.24, 2.45) is 5.92 Å². The average Bonchev–Trinajstić information content (AvgIpc) is 2.27. The fourth-order valence-corrected chi connectivity index (χ4v) is 2.08. The molecule has 0 radical (unpaired) electrons. The summed E-state index contributed by atoms with van der Waals surface area (Å²) in [7, 11) is 0. The third kappa shape index (κ3) is 3.32. The van der Waals surface area contributed by atoms with E-state index < -0.39 is 5.97 Å². The van der Waals surface area contributed by atoms with E-state index in [0.29, 0.717) is 13.1 Å². The highest BCUT2D eigenvalue weighted by Gasteiger charge is 2.33. The molecule has 19 heavy (non-hydrogen) atoms. The number of carbonyl (C=O) groups excluding carboxylic acids is 1. The lowest BCUT2D eigenvalue weighted by molar-refractivity contribution is -0.148. The SMILES string of the molecule is Cc1ccc(NC(=O)CN2CC(C(=O)O)C2)cc1C. The zero-order valence-electron chi connectivity index (χ0n) is 11.1. The van der Waals surface area contributed by atoms with Gasteiger partial charge in [-0.05, 0) is 37.1 Å². The summed E-state index contributed by atoms with van der Waals surface area (Å²) in [4.78, 5) is 24.3. The van der Waals surface area contributed by atoms with E-state index in [4.69, 9.17) is 5.11 Å². The second-order valence-corrected chi connectivity index (χ2v) is 5.08. The lowest BCUT2D eigenvalue weighted by Gasteiger charge is -2.35. The molecular weight excluding hydrogens is 244 g/mol. The Morgan fingerprint density at radius 2 is 2.00 bits per heavy atom. The molecule has 1 aromatic carbocycles. The molecule has 1 fully saturated rings. The van der Waals surface area contributed by atoms with Crippen LogP contribution in [0.1, 0.15) is 11.1 Å². The number of aryl methyl sites for hydroxylation is 2. The second-order valence-electron chi connectivity index (χ2n) is 5.08. The average molecular weight is 262 g/mol. The molecule has 102 valence electrons. The molecule has 0 aromatic heterocycles. The molecule has 1 saturated heterocycles. The highest BCUT2D eigenvalue weighted by atomic mass is 16.4. The van der Waals surface area contributed by atoms with Gasteiger partial charge >= 0.3 is 5.97 Å². The molecule has 1 heterocycles. The van der Waals surface area contributed by atoms with Crippen molar-refractivity contribution in [3.63, 3.8) is 0 Å². The number of nitrogens with zero attached hydrogens (tertiary/aromatic N) is 1. The fraction of sp³-hybridized carbons (Fsp3) is 0.429. The Balaban J connectivity index is 1.82. The standard InChI is InChI=1S/C14H18N2O3/c1-9-3-4-12(5-10(9)2)15-13(17)8-16-6-11(7-16)14(18)19/h3-5,11H,6-8H2,1-2H3,(H,15,17)(H,18,19). The van der Waals surface area contributed by atoms with Gasteiger partial charge in [-0.3, -0.25) is 14.5 Å². The number of nitrogens with one attached hydrogen (secondary N) is 1. The van der Waals surface area contributed by atoms with Crippen LogP contribution in [-0.4, -0.2) is 41.5 Å². The molecule has 0 unspecified atom stereocenters. The molecule has 0 bridgehead atoms. The first-order valence-corrected chi connectivity index (χ1v) is 6.28. The zero-order chi connectivity index (χ0) is 14.0. The summed E-state index contributed by atoms with van der Waals surface area (Å²) >= 11 is 0. The van der Waals surface area contributed by atoms with Crippen molar-refractivity contribution >= 4 is 17.6 Å². The molecule has 0 saturated carbocycles. The quantitative estimate of drug-likeness (QED) is 0.857. The summed E-state index contributed by atoms with van der Waals surface area (Å²) in [5, 5.41) is 11.6. The highest BCUT2D eigenvalue weighted by Crippen LogP contribution is 2.16.